The Bertz CT molecular complexity index is 1160. The molecule has 2 aromatic heterocycles. The van der Waals surface area contributed by atoms with Crippen LogP contribution in [-0.2, 0) is 6.18 Å². The maximum absolute atomic E-state index is 13.5. The van der Waals surface area contributed by atoms with Crippen molar-refractivity contribution in [2.75, 3.05) is 11.9 Å². The minimum absolute atomic E-state index is 0.0287. The molecule has 1 fully saturated rings. The van der Waals surface area contributed by atoms with E-state index in [0.717, 1.165) is 25.1 Å². The predicted octanol–water partition coefficient (Wildman–Crippen LogP) is 4.88. The van der Waals surface area contributed by atoms with E-state index in [4.69, 9.17) is 4.74 Å². The van der Waals surface area contributed by atoms with Gasteiger partial charge >= 0.3 is 12.8 Å². The third-order valence-electron chi connectivity index (χ3n) is 4.74. The van der Waals surface area contributed by atoms with Crippen LogP contribution in [0.25, 0.3) is 5.65 Å². The van der Waals surface area contributed by atoms with Crippen molar-refractivity contribution < 1.29 is 36.2 Å². The number of hydrogen-bond donors (Lipinski definition) is 1. The summed E-state index contributed by atoms with van der Waals surface area (Å²) in [5, 5.41) is 6.21. The molecular weight excluding hydrogens is 439 g/mol. The van der Waals surface area contributed by atoms with Gasteiger partial charge in [0.25, 0.3) is 5.91 Å². The molecule has 0 saturated heterocycles. The van der Waals surface area contributed by atoms with Gasteiger partial charge in [0, 0.05) is 23.4 Å². The highest BCUT2D eigenvalue weighted by Gasteiger charge is 2.38. The van der Waals surface area contributed by atoms with Gasteiger partial charge < -0.3 is 14.8 Å². The molecule has 170 valence electrons. The van der Waals surface area contributed by atoms with Crippen LogP contribution in [0, 0.1) is 0 Å². The van der Waals surface area contributed by atoms with Crippen molar-refractivity contribution in [1.82, 2.24) is 14.6 Å². The zero-order valence-corrected chi connectivity index (χ0v) is 16.6. The number of carbonyl (C=O) groups is 1. The third kappa shape index (κ3) is 4.43. The van der Waals surface area contributed by atoms with Crippen molar-refractivity contribution in [3.8, 4) is 11.5 Å². The van der Waals surface area contributed by atoms with E-state index in [-0.39, 0.29) is 46.6 Å². The number of nitrogens with zero attached hydrogens (tertiary/aromatic N) is 3. The Morgan fingerprint density at radius 1 is 1.25 bits per heavy atom. The first kappa shape index (κ1) is 21.8. The lowest BCUT2D eigenvalue weighted by Crippen LogP contribution is -2.16. The Balaban J connectivity index is 1.67. The normalized spacial score (nSPS) is 14.1. The number of anilines is 1. The molecule has 3 aromatic rings. The van der Waals surface area contributed by atoms with Crippen LogP contribution in [0.2, 0.25) is 0 Å². The summed E-state index contributed by atoms with van der Waals surface area (Å²) in [6.07, 6.45) is -2.23. The van der Waals surface area contributed by atoms with Gasteiger partial charge in [0.2, 0.25) is 0 Å². The molecule has 0 aliphatic heterocycles. The predicted molar refractivity (Wildman–Crippen MR) is 102 cm³/mol. The molecule has 7 nitrogen and oxygen atoms in total. The minimum atomic E-state index is -4.68. The first-order valence-electron chi connectivity index (χ1n) is 9.66. The number of alkyl halides is 5. The van der Waals surface area contributed by atoms with Gasteiger partial charge in [-0.25, -0.2) is 9.50 Å². The maximum Gasteiger partial charge on any atom is 0.433 e. The van der Waals surface area contributed by atoms with E-state index in [9.17, 15) is 26.7 Å². The van der Waals surface area contributed by atoms with Crippen LogP contribution < -0.4 is 14.8 Å². The number of hydrogen-bond acceptors (Lipinski definition) is 5. The highest BCUT2D eigenvalue weighted by molar-refractivity contribution is 6.08. The maximum atomic E-state index is 13.5. The summed E-state index contributed by atoms with van der Waals surface area (Å²) in [6, 6.07) is 4.71. The first-order valence-corrected chi connectivity index (χ1v) is 9.66. The molecule has 1 aromatic carbocycles. The van der Waals surface area contributed by atoms with Gasteiger partial charge in [-0.3, -0.25) is 4.79 Å². The molecule has 0 radical (unpaired) electrons. The molecule has 0 atom stereocenters. The van der Waals surface area contributed by atoms with E-state index in [2.05, 4.69) is 20.1 Å². The highest BCUT2D eigenvalue weighted by Crippen LogP contribution is 2.41. The Hall–Kier alpha value is -3.44. The molecule has 0 bridgehead atoms. The van der Waals surface area contributed by atoms with Crippen molar-refractivity contribution in [1.29, 1.82) is 0 Å². The molecule has 1 saturated carbocycles. The lowest BCUT2D eigenvalue weighted by molar-refractivity contribution is -0.142. The summed E-state index contributed by atoms with van der Waals surface area (Å²) >= 11 is 0. The molecule has 1 amide bonds. The van der Waals surface area contributed by atoms with Crippen LogP contribution in [0.5, 0.6) is 11.5 Å². The SMILES string of the molecule is CCOc1cc(NC(=O)c2cnn3c(C(F)(F)F)cc(C4CC4)nc23)ccc1OC(F)F. The van der Waals surface area contributed by atoms with E-state index in [1.807, 2.05) is 0 Å². The second kappa shape index (κ2) is 8.24. The van der Waals surface area contributed by atoms with Crippen molar-refractivity contribution >= 4 is 17.2 Å². The second-order valence-corrected chi connectivity index (χ2v) is 7.06. The standard InChI is InChI=1S/C20H17F5N4O3/c1-2-31-15-7-11(5-6-14(15)32-19(21)22)27-18(30)12-9-26-29-16(20(23,24)25)8-13(10-3-4-10)28-17(12)29/h5-10,19H,2-4H2,1H3,(H,27,30). The number of carbonyl (C=O) groups excluding carboxylic acids is 1. The largest absolute Gasteiger partial charge is 0.490 e. The smallest absolute Gasteiger partial charge is 0.433 e. The molecule has 32 heavy (non-hydrogen) atoms. The average Bonchev–Trinajstić information content (AvgIpc) is 3.47. The zero-order chi connectivity index (χ0) is 23.0. The topological polar surface area (TPSA) is 77.8 Å². The summed E-state index contributed by atoms with van der Waals surface area (Å²) in [5.74, 6) is -1.10. The third-order valence-corrected chi connectivity index (χ3v) is 4.74. The Morgan fingerprint density at radius 3 is 2.62 bits per heavy atom. The summed E-state index contributed by atoms with van der Waals surface area (Å²) in [5.41, 5.74) is -0.985. The number of rotatable bonds is 7. The van der Waals surface area contributed by atoms with Crippen LogP contribution in [-0.4, -0.2) is 33.7 Å². The molecule has 2 heterocycles. The minimum Gasteiger partial charge on any atom is -0.490 e. The lowest BCUT2D eigenvalue weighted by atomic mass is 10.2. The van der Waals surface area contributed by atoms with Crippen LogP contribution in [0.15, 0.2) is 30.5 Å². The molecule has 12 heteroatoms. The molecule has 0 unspecified atom stereocenters. The van der Waals surface area contributed by atoms with Crippen molar-refractivity contribution in [2.45, 2.75) is 38.5 Å². The van der Waals surface area contributed by atoms with Gasteiger partial charge in [-0.2, -0.15) is 27.1 Å². The quantitative estimate of drug-likeness (QED) is 0.513. The van der Waals surface area contributed by atoms with Gasteiger partial charge in [0.15, 0.2) is 17.1 Å². The van der Waals surface area contributed by atoms with Crippen LogP contribution in [0.4, 0.5) is 27.6 Å². The Morgan fingerprint density at radius 2 is 2.00 bits per heavy atom. The van der Waals surface area contributed by atoms with E-state index in [1.54, 1.807) is 6.92 Å². The van der Waals surface area contributed by atoms with Crippen LogP contribution >= 0.6 is 0 Å². The van der Waals surface area contributed by atoms with Crippen LogP contribution in [0.3, 0.4) is 0 Å². The van der Waals surface area contributed by atoms with Crippen LogP contribution in [0.1, 0.15) is 47.4 Å². The monoisotopic (exact) mass is 456 g/mol. The van der Waals surface area contributed by atoms with Gasteiger partial charge in [-0.05, 0) is 38.0 Å². The summed E-state index contributed by atoms with van der Waals surface area (Å²) in [6.45, 7) is -1.28. The van der Waals surface area contributed by atoms with Gasteiger partial charge in [-0.15, -0.1) is 0 Å². The number of nitrogens with one attached hydrogen (secondary N) is 1. The number of ether oxygens (including phenoxy) is 2. The van der Waals surface area contributed by atoms with Crippen molar-refractivity contribution in [3.63, 3.8) is 0 Å². The summed E-state index contributed by atoms with van der Waals surface area (Å²) < 4.78 is 75.9. The lowest BCUT2D eigenvalue weighted by Gasteiger charge is -2.13. The number of benzene rings is 1. The first-order chi connectivity index (χ1) is 15.2. The number of halogens is 5. The van der Waals surface area contributed by atoms with Gasteiger partial charge in [0.1, 0.15) is 11.3 Å². The van der Waals surface area contributed by atoms with Gasteiger partial charge in [0.05, 0.1) is 12.8 Å². The summed E-state index contributed by atoms with van der Waals surface area (Å²) in [7, 11) is 0. The fraction of sp³-hybridized carbons (Fsp3) is 0.350. The molecular formula is C20H17F5N4O3. The van der Waals surface area contributed by atoms with E-state index in [1.165, 1.54) is 18.2 Å². The molecule has 0 spiro atoms. The van der Waals surface area contributed by atoms with Gasteiger partial charge in [-0.1, -0.05) is 0 Å². The highest BCUT2D eigenvalue weighted by atomic mass is 19.4. The fourth-order valence-corrected chi connectivity index (χ4v) is 3.18. The van der Waals surface area contributed by atoms with E-state index >= 15 is 0 Å². The summed E-state index contributed by atoms with van der Waals surface area (Å²) in [4.78, 5) is 17.0. The zero-order valence-electron chi connectivity index (χ0n) is 16.6. The fourth-order valence-electron chi connectivity index (χ4n) is 3.18. The molecule has 4 rings (SSSR count). The Kier molecular flexibility index (Phi) is 5.61. The van der Waals surface area contributed by atoms with Crippen molar-refractivity contribution in [3.05, 3.63) is 47.4 Å². The average molecular weight is 456 g/mol. The van der Waals surface area contributed by atoms with E-state index in [0.29, 0.717) is 4.52 Å². The number of aromatic nitrogens is 3. The molecule has 1 N–H and O–H groups in total. The number of amides is 1. The number of fused-ring (bicyclic) bond motifs is 1. The second-order valence-electron chi connectivity index (χ2n) is 7.06. The molecule has 1 aliphatic rings. The Labute approximate surface area is 178 Å². The van der Waals surface area contributed by atoms with E-state index < -0.39 is 24.4 Å². The van der Waals surface area contributed by atoms with Crippen molar-refractivity contribution in [2.24, 2.45) is 0 Å². The molecule has 1 aliphatic carbocycles.